The lowest BCUT2D eigenvalue weighted by Crippen LogP contribution is -2.39. The number of hydrogen-bond acceptors (Lipinski definition) is 3. The lowest BCUT2D eigenvalue weighted by molar-refractivity contribution is 0.283. The Hall–Kier alpha value is -0.940. The van der Waals surface area contributed by atoms with Gasteiger partial charge in [0.1, 0.15) is 0 Å². The lowest BCUT2D eigenvalue weighted by Gasteiger charge is -2.29. The maximum absolute atomic E-state index is 12.1. The largest absolute Gasteiger partial charge is 0.260 e. The molecular formula is C11H18N2O2S. The van der Waals surface area contributed by atoms with E-state index in [1.54, 1.807) is 0 Å². The summed E-state index contributed by atoms with van der Waals surface area (Å²) in [4.78, 5) is 3.56. The average Bonchev–Trinajstić information content (AvgIpc) is 2.25. The van der Waals surface area contributed by atoms with Crippen LogP contribution in [-0.4, -0.2) is 32.5 Å². The fraction of sp³-hybridized carbons (Fsp3) is 0.545. The topological polar surface area (TPSA) is 49.7 Å². The maximum atomic E-state index is 12.1. The van der Waals surface area contributed by atoms with Crippen molar-refractivity contribution in [2.75, 3.05) is 13.1 Å². The van der Waals surface area contributed by atoms with Gasteiger partial charge in [-0.15, -0.1) is 0 Å². The van der Waals surface area contributed by atoms with Crippen LogP contribution in [0, 0.1) is 5.92 Å². The molecule has 0 aromatic heterocycles. The van der Waals surface area contributed by atoms with Crippen LogP contribution in [0.2, 0.25) is 0 Å². The molecule has 1 aliphatic heterocycles. The predicted octanol–water partition coefficient (Wildman–Crippen LogP) is 1.78. The van der Waals surface area contributed by atoms with Gasteiger partial charge in [0.05, 0.1) is 0 Å². The summed E-state index contributed by atoms with van der Waals surface area (Å²) < 4.78 is 25.7. The van der Waals surface area contributed by atoms with Crippen molar-refractivity contribution in [3.05, 3.63) is 23.8 Å². The highest BCUT2D eigenvalue weighted by molar-refractivity contribution is 7.93. The van der Waals surface area contributed by atoms with Crippen molar-refractivity contribution < 1.29 is 8.42 Å². The molecule has 0 saturated carbocycles. The summed E-state index contributed by atoms with van der Waals surface area (Å²) in [5, 5.41) is -0.0170. The molecule has 1 saturated heterocycles. The van der Waals surface area contributed by atoms with Crippen LogP contribution in [0.4, 0.5) is 0 Å². The number of allylic oxidation sites excluding steroid dienone is 2. The van der Waals surface area contributed by atoms with Crippen molar-refractivity contribution in [1.29, 1.82) is 0 Å². The van der Waals surface area contributed by atoms with Crippen molar-refractivity contribution in [2.24, 2.45) is 10.9 Å². The Morgan fingerprint density at radius 2 is 2.25 bits per heavy atom. The summed E-state index contributed by atoms with van der Waals surface area (Å²) in [6.45, 7) is 9.95. The fourth-order valence-electron chi connectivity index (χ4n) is 1.82. The second-order valence-corrected chi connectivity index (χ2v) is 5.89. The van der Waals surface area contributed by atoms with E-state index in [0.717, 1.165) is 12.8 Å². The van der Waals surface area contributed by atoms with Gasteiger partial charge in [-0.25, -0.2) is 8.42 Å². The van der Waals surface area contributed by atoms with Crippen LogP contribution >= 0.6 is 0 Å². The van der Waals surface area contributed by atoms with E-state index in [0.29, 0.717) is 19.0 Å². The molecule has 0 radical (unpaired) electrons. The molecule has 1 heterocycles. The normalized spacial score (nSPS) is 24.1. The van der Waals surface area contributed by atoms with Gasteiger partial charge in [0, 0.05) is 13.1 Å². The van der Waals surface area contributed by atoms with Gasteiger partial charge in [0.2, 0.25) is 0 Å². The first-order valence-corrected chi connectivity index (χ1v) is 6.76. The molecule has 0 aromatic rings. The van der Waals surface area contributed by atoms with E-state index in [9.17, 15) is 8.42 Å². The smallest absolute Gasteiger partial charge is 0.251 e. The zero-order valence-corrected chi connectivity index (χ0v) is 10.4. The SMILES string of the molecule is C=C/C=C(\N=C)S(=O)(=O)N1CCCC(C)C1. The molecule has 1 aliphatic rings. The van der Waals surface area contributed by atoms with Crippen molar-refractivity contribution in [2.45, 2.75) is 19.8 Å². The molecule has 1 atom stereocenters. The Kier molecular flexibility index (Phi) is 4.44. The number of aliphatic imine (C=N–C) groups is 1. The van der Waals surface area contributed by atoms with Crippen LogP contribution in [0.25, 0.3) is 0 Å². The van der Waals surface area contributed by atoms with Gasteiger partial charge in [-0.05, 0) is 31.6 Å². The molecule has 0 spiro atoms. The van der Waals surface area contributed by atoms with Gasteiger partial charge in [0.25, 0.3) is 10.0 Å². The summed E-state index contributed by atoms with van der Waals surface area (Å²) in [5.74, 6) is 0.401. The molecular weight excluding hydrogens is 224 g/mol. The highest BCUT2D eigenvalue weighted by atomic mass is 32.2. The third-order valence-electron chi connectivity index (χ3n) is 2.64. The van der Waals surface area contributed by atoms with Crippen LogP contribution < -0.4 is 0 Å². The van der Waals surface area contributed by atoms with Gasteiger partial charge in [-0.2, -0.15) is 4.31 Å². The fourth-order valence-corrected chi connectivity index (χ4v) is 3.33. The molecule has 1 unspecified atom stereocenters. The van der Waals surface area contributed by atoms with Crippen molar-refractivity contribution in [3.8, 4) is 0 Å². The third kappa shape index (κ3) is 2.80. The first-order valence-electron chi connectivity index (χ1n) is 5.32. The maximum Gasteiger partial charge on any atom is 0.260 e. The predicted molar refractivity (Wildman–Crippen MR) is 66.7 cm³/mol. The van der Waals surface area contributed by atoms with Gasteiger partial charge >= 0.3 is 0 Å². The van der Waals surface area contributed by atoms with E-state index in [2.05, 4.69) is 25.2 Å². The average molecular weight is 242 g/mol. The zero-order chi connectivity index (χ0) is 12.2. The number of sulfonamides is 1. The molecule has 0 aliphatic carbocycles. The Bertz CT molecular complexity index is 398. The summed E-state index contributed by atoms with van der Waals surface area (Å²) >= 11 is 0. The van der Waals surface area contributed by atoms with E-state index in [4.69, 9.17) is 0 Å². The highest BCUT2D eigenvalue weighted by Gasteiger charge is 2.29. The minimum atomic E-state index is -3.48. The monoisotopic (exact) mass is 242 g/mol. The molecule has 0 bridgehead atoms. The number of nitrogens with zero attached hydrogens (tertiary/aromatic N) is 2. The van der Waals surface area contributed by atoms with E-state index in [1.807, 2.05) is 0 Å². The Morgan fingerprint density at radius 3 is 2.75 bits per heavy atom. The van der Waals surface area contributed by atoms with E-state index in [-0.39, 0.29) is 5.03 Å². The van der Waals surface area contributed by atoms with Gasteiger partial charge in [-0.3, -0.25) is 4.99 Å². The second-order valence-electron chi connectivity index (χ2n) is 4.01. The summed E-state index contributed by atoms with van der Waals surface area (Å²) in [6, 6.07) is 0. The van der Waals surface area contributed by atoms with Gasteiger partial charge in [0.15, 0.2) is 5.03 Å². The quantitative estimate of drug-likeness (QED) is 0.557. The van der Waals surface area contributed by atoms with E-state index >= 15 is 0 Å². The number of hydrogen-bond donors (Lipinski definition) is 0. The Balaban J connectivity index is 2.96. The Morgan fingerprint density at radius 1 is 1.56 bits per heavy atom. The molecule has 0 amide bonds. The summed E-state index contributed by atoms with van der Waals surface area (Å²) in [7, 11) is -3.48. The number of rotatable bonds is 4. The summed E-state index contributed by atoms with van der Waals surface area (Å²) in [5.41, 5.74) is 0. The van der Waals surface area contributed by atoms with Crippen LogP contribution in [-0.2, 0) is 10.0 Å². The van der Waals surface area contributed by atoms with Crippen molar-refractivity contribution in [3.63, 3.8) is 0 Å². The Labute approximate surface area is 97.4 Å². The van der Waals surface area contributed by atoms with Crippen LogP contribution in [0.15, 0.2) is 28.8 Å². The molecule has 1 rings (SSSR count). The van der Waals surface area contributed by atoms with Crippen LogP contribution in [0.5, 0.6) is 0 Å². The van der Waals surface area contributed by atoms with Crippen molar-refractivity contribution >= 4 is 16.7 Å². The first-order chi connectivity index (χ1) is 7.52. The molecule has 0 aromatic carbocycles. The minimum Gasteiger partial charge on any atom is -0.251 e. The second kappa shape index (κ2) is 5.41. The van der Waals surface area contributed by atoms with Crippen LogP contribution in [0.3, 0.4) is 0 Å². The van der Waals surface area contributed by atoms with Gasteiger partial charge < -0.3 is 0 Å². The number of piperidine rings is 1. The standard InChI is InChI=1S/C11H18N2O2S/c1-4-6-11(12-3)16(14,15)13-8-5-7-10(2)9-13/h4,6,10H,1,3,5,7-9H2,2H3/b11-6+. The van der Waals surface area contributed by atoms with Crippen molar-refractivity contribution in [1.82, 2.24) is 4.31 Å². The molecule has 1 fully saturated rings. The molecule has 5 heteroatoms. The van der Waals surface area contributed by atoms with E-state index in [1.165, 1.54) is 16.5 Å². The molecule has 0 N–H and O–H groups in total. The highest BCUT2D eigenvalue weighted by Crippen LogP contribution is 2.22. The molecule has 90 valence electrons. The lowest BCUT2D eigenvalue weighted by atomic mass is 10.0. The van der Waals surface area contributed by atoms with E-state index < -0.39 is 10.0 Å². The van der Waals surface area contributed by atoms with Gasteiger partial charge in [-0.1, -0.05) is 19.6 Å². The third-order valence-corrected chi connectivity index (χ3v) is 4.45. The zero-order valence-electron chi connectivity index (χ0n) is 9.59. The minimum absolute atomic E-state index is 0.0170. The summed E-state index contributed by atoms with van der Waals surface area (Å²) in [6.07, 6.45) is 4.77. The molecule has 4 nitrogen and oxygen atoms in total. The first kappa shape index (κ1) is 13.1. The van der Waals surface area contributed by atoms with Crippen LogP contribution in [0.1, 0.15) is 19.8 Å². The molecule has 16 heavy (non-hydrogen) atoms.